The Bertz CT molecular complexity index is 1230. The maximum atomic E-state index is 14.5. The van der Waals surface area contributed by atoms with E-state index in [0.717, 1.165) is 0 Å². The first-order valence-corrected chi connectivity index (χ1v) is 9.00. The second kappa shape index (κ2) is 7.08. The van der Waals surface area contributed by atoms with E-state index in [1.807, 2.05) is 13.8 Å². The van der Waals surface area contributed by atoms with Crippen LogP contribution in [0.25, 0.3) is 16.9 Å². The summed E-state index contributed by atoms with van der Waals surface area (Å²) >= 11 is 0. The van der Waals surface area contributed by atoms with Crippen LogP contribution in [-0.2, 0) is 0 Å². The highest BCUT2D eigenvalue weighted by Crippen LogP contribution is 2.28. The van der Waals surface area contributed by atoms with Crippen molar-refractivity contribution >= 4 is 17.1 Å². The average molecular weight is 396 g/mol. The Morgan fingerprint density at radius 2 is 2.03 bits per heavy atom. The van der Waals surface area contributed by atoms with E-state index in [1.165, 1.54) is 41.2 Å². The molecule has 1 aromatic carbocycles. The highest BCUT2D eigenvalue weighted by Gasteiger charge is 2.18. The van der Waals surface area contributed by atoms with Gasteiger partial charge in [0.2, 0.25) is 0 Å². The predicted octanol–water partition coefficient (Wildman–Crippen LogP) is 4.08. The number of nitrogens with zero attached hydrogens (tertiary/aromatic N) is 4. The standard InChI is InChI=1S/C20H18F2N6O/c1-10(2)18-25-19(27-26-18)13-7-16(11(3)6-15(13)22)24-20(29)14-8-23-28-9-12(21)4-5-17(14)28/h4-10H,1-3H3,(H,24,29)(H,25,26,27). The van der Waals surface area contributed by atoms with Crippen LogP contribution in [0.3, 0.4) is 0 Å². The van der Waals surface area contributed by atoms with Crippen molar-refractivity contribution < 1.29 is 13.6 Å². The van der Waals surface area contributed by atoms with E-state index in [2.05, 4.69) is 25.6 Å². The van der Waals surface area contributed by atoms with Crippen molar-refractivity contribution in [2.24, 2.45) is 0 Å². The maximum absolute atomic E-state index is 14.5. The summed E-state index contributed by atoms with van der Waals surface area (Å²) in [5.74, 6) is -0.410. The number of aromatic amines is 1. The Balaban J connectivity index is 1.68. The summed E-state index contributed by atoms with van der Waals surface area (Å²) in [4.78, 5) is 17.1. The molecule has 0 aliphatic heterocycles. The third kappa shape index (κ3) is 3.46. The molecule has 4 rings (SSSR count). The van der Waals surface area contributed by atoms with Gasteiger partial charge in [-0.15, -0.1) is 0 Å². The molecule has 0 saturated carbocycles. The fourth-order valence-electron chi connectivity index (χ4n) is 2.96. The number of aryl methyl sites for hydroxylation is 1. The average Bonchev–Trinajstić information content (AvgIpc) is 3.30. The summed E-state index contributed by atoms with van der Waals surface area (Å²) in [5.41, 5.74) is 1.87. The number of halogens is 2. The molecule has 0 aliphatic rings. The molecule has 148 valence electrons. The maximum Gasteiger partial charge on any atom is 0.259 e. The van der Waals surface area contributed by atoms with Crippen LogP contribution in [0.1, 0.15) is 41.5 Å². The number of anilines is 1. The number of amides is 1. The minimum atomic E-state index is -0.485. The number of pyridine rings is 1. The van der Waals surface area contributed by atoms with Gasteiger partial charge in [0, 0.05) is 11.6 Å². The van der Waals surface area contributed by atoms with Crippen molar-refractivity contribution in [2.75, 3.05) is 5.32 Å². The smallest absolute Gasteiger partial charge is 0.259 e. The Morgan fingerprint density at radius 1 is 1.24 bits per heavy atom. The van der Waals surface area contributed by atoms with Gasteiger partial charge in [0.25, 0.3) is 5.91 Å². The van der Waals surface area contributed by atoms with Crippen LogP contribution < -0.4 is 5.32 Å². The molecule has 1 amide bonds. The molecule has 3 aromatic heterocycles. The summed E-state index contributed by atoms with van der Waals surface area (Å²) in [7, 11) is 0. The third-order valence-electron chi connectivity index (χ3n) is 4.58. The highest BCUT2D eigenvalue weighted by molar-refractivity contribution is 6.09. The van der Waals surface area contributed by atoms with Gasteiger partial charge >= 0.3 is 0 Å². The van der Waals surface area contributed by atoms with Crippen molar-refractivity contribution in [1.82, 2.24) is 24.8 Å². The molecule has 0 saturated heterocycles. The molecular weight excluding hydrogens is 378 g/mol. The molecule has 0 spiro atoms. The highest BCUT2D eigenvalue weighted by atomic mass is 19.1. The van der Waals surface area contributed by atoms with Gasteiger partial charge in [-0.2, -0.15) is 10.2 Å². The van der Waals surface area contributed by atoms with Gasteiger partial charge in [0.05, 0.1) is 29.0 Å². The number of hydrogen-bond acceptors (Lipinski definition) is 4. The first kappa shape index (κ1) is 18.7. The van der Waals surface area contributed by atoms with Crippen LogP contribution in [0.5, 0.6) is 0 Å². The summed E-state index contributed by atoms with van der Waals surface area (Å²) in [6.45, 7) is 5.58. The van der Waals surface area contributed by atoms with Gasteiger partial charge in [0.15, 0.2) is 5.82 Å². The minimum absolute atomic E-state index is 0.115. The quantitative estimate of drug-likeness (QED) is 0.544. The second-order valence-corrected chi connectivity index (χ2v) is 7.04. The fourth-order valence-corrected chi connectivity index (χ4v) is 2.96. The molecule has 4 aromatic rings. The Hall–Kier alpha value is -3.62. The van der Waals surface area contributed by atoms with Crippen molar-refractivity contribution in [1.29, 1.82) is 0 Å². The normalized spacial score (nSPS) is 11.4. The van der Waals surface area contributed by atoms with E-state index in [4.69, 9.17) is 0 Å². The lowest BCUT2D eigenvalue weighted by Gasteiger charge is -2.10. The van der Waals surface area contributed by atoms with Crippen molar-refractivity contribution in [3.8, 4) is 11.4 Å². The lowest BCUT2D eigenvalue weighted by Crippen LogP contribution is -2.13. The number of benzene rings is 1. The largest absolute Gasteiger partial charge is 0.322 e. The van der Waals surface area contributed by atoms with E-state index in [0.29, 0.717) is 22.6 Å². The predicted molar refractivity (Wildman–Crippen MR) is 104 cm³/mol. The minimum Gasteiger partial charge on any atom is -0.322 e. The van der Waals surface area contributed by atoms with E-state index >= 15 is 0 Å². The fraction of sp³-hybridized carbons (Fsp3) is 0.200. The van der Waals surface area contributed by atoms with E-state index in [9.17, 15) is 13.6 Å². The Kier molecular flexibility index (Phi) is 4.57. The number of aromatic nitrogens is 5. The molecule has 7 nitrogen and oxygen atoms in total. The lowest BCUT2D eigenvalue weighted by atomic mass is 10.1. The number of nitrogens with one attached hydrogen (secondary N) is 2. The summed E-state index contributed by atoms with van der Waals surface area (Å²) in [5, 5.41) is 13.6. The van der Waals surface area contributed by atoms with Crippen LogP contribution in [0, 0.1) is 18.6 Å². The van der Waals surface area contributed by atoms with Crippen LogP contribution >= 0.6 is 0 Å². The van der Waals surface area contributed by atoms with Crippen molar-refractivity contribution in [3.05, 3.63) is 65.2 Å². The van der Waals surface area contributed by atoms with Crippen LogP contribution in [0.15, 0.2) is 36.7 Å². The third-order valence-corrected chi connectivity index (χ3v) is 4.58. The molecule has 3 heterocycles. The second-order valence-electron chi connectivity index (χ2n) is 7.04. The molecular formula is C20H18F2N6O. The first-order valence-electron chi connectivity index (χ1n) is 9.00. The van der Waals surface area contributed by atoms with Gasteiger partial charge in [-0.25, -0.2) is 18.3 Å². The number of carbonyl (C=O) groups excluding carboxylic acids is 1. The first-order chi connectivity index (χ1) is 13.8. The molecule has 2 N–H and O–H groups in total. The molecule has 0 unspecified atom stereocenters. The monoisotopic (exact) mass is 396 g/mol. The van der Waals surface area contributed by atoms with Gasteiger partial charge in [0.1, 0.15) is 17.5 Å². The zero-order valence-corrected chi connectivity index (χ0v) is 16.0. The number of carbonyl (C=O) groups is 1. The van der Waals surface area contributed by atoms with Gasteiger partial charge < -0.3 is 5.32 Å². The van der Waals surface area contributed by atoms with Crippen LogP contribution in [-0.4, -0.2) is 30.7 Å². The number of H-pyrrole nitrogens is 1. The van der Waals surface area contributed by atoms with Gasteiger partial charge in [-0.05, 0) is 36.8 Å². The zero-order valence-electron chi connectivity index (χ0n) is 16.0. The molecule has 0 radical (unpaired) electrons. The SMILES string of the molecule is Cc1cc(F)c(-c2n[nH]c(C(C)C)n2)cc1NC(=O)c1cnn2cc(F)ccc12. The van der Waals surface area contributed by atoms with Crippen molar-refractivity contribution in [2.45, 2.75) is 26.7 Å². The van der Waals surface area contributed by atoms with Gasteiger partial charge in [-0.1, -0.05) is 13.8 Å². The lowest BCUT2D eigenvalue weighted by molar-refractivity contribution is 0.102. The Labute approximate surface area is 164 Å². The summed E-state index contributed by atoms with van der Waals surface area (Å²) in [6, 6.07) is 5.55. The summed E-state index contributed by atoms with van der Waals surface area (Å²) in [6.07, 6.45) is 2.54. The molecule has 0 bridgehead atoms. The topological polar surface area (TPSA) is 88.0 Å². The van der Waals surface area contributed by atoms with Gasteiger partial charge in [-0.3, -0.25) is 9.89 Å². The number of fused-ring (bicyclic) bond motifs is 1. The number of hydrogen-bond donors (Lipinski definition) is 2. The molecule has 0 aliphatic carbocycles. The molecule has 29 heavy (non-hydrogen) atoms. The van der Waals surface area contributed by atoms with E-state index in [1.54, 1.807) is 6.92 Å². The van der Waals surface area contributed by atoms with Crippen LogP contribution in [0.4, 0.5) is 14.5 Å². The van der Waals surface area contributed by atoms with E-state index < -0.39 is 17.5 Å². The summed E-state index contributed by atoms with van der Waals surface area (Å²) < 4.78 is 29.1. The number of rotatable bonds is 4. The Morgan fingerprint density at radius 3 is 2.76 bits per heavy atom. The molecule has 0 fully saturated rings. The molecule has 9 heteroatoms. The van der Waals surface area contributed by atoms with Crippen molar-refractivity contribution in [3.63, 3.8) is 0 Å². The molecule has 0 atom stereocenters. The zero-order chi connectivity index (χ0) is 20.7. The van der Waals surface area contributed by atoms with E-state index in [-0.39, 0.29) is 22.9 Å². The van der Waals surface area contributed by atoms with Crippen LogP contribution in [0.2, 0.25) is 0 Å².